The Kier molecular flexibility index (Phi) is 5.50. The van der Waals surface area contributed by atoms with Crippen molar-refractivity contribution in [3.63, 3.8) is 0 Å². The first-order valence-electron chi connectivity index (χ1n) is 4.00. The number of carboxylic acid groups (broad SMARTS) is 1. The van der Waals surface area contributed by atoms with Crippen LogP contribution in [0.15, 0.2) is 18.2 Å². The molecule has 0 bridgehead atoms. The van der Waals surface area contributed by atoms with Crippen LogP contribution in [0.5, 0.6) is 5.75 Å². The van der Waals surface area contributed by atoms with Gasteiger partial charge in [0.2, 0.25) is 0 Å². The molecule has 86 valence electrons. The number of thiocarbonyl (C=S) groups is 1. The second kappa shape index (κ2) is 6.36. The van der Waals surface area contributed by atoms with Gasteiger partial charge in [-0.15, -0.1) is 0 Å². The minimum Gasteiger partial charge on any atom is -0.506 e. The van der Waals surface area contributed by atoms with E-state index in [0.717, 1.165) is 6.21 Å². The zero-order valence-corrected chi connectivity index (χ0v) is 8.99. The standard InChI is InChI=1S/C8H7NO3.CH4N2S/c9-4-5-2-1-3-6(7(5)10)8(11)12;2-1(3)4/h1-4,9-10H,(H,11,12);(H4,2,3,4). The van der Waals surface area contributed by atoms with Crippen LogP contribution in [0.4, 0.5) is 0 Å². The van der Waals surface area contributed by atoms with Crippen molar-refractivity contribution >= 4 is 29.5 Å². The summed E-state index contributed by atoms with van der Waals surface area (Å²) in [6.07, 6.45) is 0.905. The van der Waals surface area contributed by atoms with E-state index in [1.165, 1.54) is 18.2 Å². The number of phenols is 1. The minimum atomic E-state index is -1.20. The van der Waals surface area contributed by atoms with Gasteiger partial charge in [0.25, 0.3) is 0 Å². The van der Waals surface area contributed by atoms with Crippen LogP contribution in [0.2, 0.25) is 0 Å². The summed E-state index contributed by atoms with van der Waals surface area (Å²) in [5.74, 6) is -1.56. The molecule has 0 amide bonds. The lowest BCUT2D eigenvalue weighted by Gasteiger charge is -2.00. The summed E-state index contributed by atoms with van der Waals surface area (Å²) < 4.78 is 0. The molecule has 16 heavy (non-hydrogen) atoms. The van der Waals surface area contributed by atoms with E-state index in [2.05, 4.69) is 23.7 Å². The highest BCUT2D eigenvalue weighted by Gasteiger charge is 2.10. The van der Waals surface area contributed by atoms with Gasteiger partial charge in [0, 0.05) is 11.8 Å². The van der Waals surface area contributed by atoms with Gasteiger partial charge in [-0.05, 0) is 24.4 Å². The van der Waals surface area contributed by atoms with E-state index in [0.29, 0.717) is 0 Å². The van der Waals surface area contributed by atoms with Crippen LogP contribution in [0.1, 0.15) is 15.9 Å². The largest absolute Gasteiger partial charge is 0.506 e. The average molecular weight is 241 g/mol. The molecule has 0 fully saturated rings. The number of carboxylic acids is 1. The van der Waals surface area contributed by atoms with Crippen molar-refractivity contribution < 1.29 is 15.0 Å². The molecule has 0 saturated heterocycles. The van der Waals surface area contributed by atoms with Crippen LogP contribution in [-0.2, 0) is 0 Å². The van der Waals surface area contributed by atoms with Crippen molar-refractivity contribution in [1.82, 2.24) is 0 Å². The normalized spacial score (nSPS) is 8.50. The Labute approximate surface area is 97.0 Å². The van der Waals surface area contributed by atoms with Gasteiger partial charge in [-0.1, -0.05) is 6.07 Å². The number of hydrogen-bond acceptors (Lipinski definition) is 4. The third-order valence-electron chi connectivity index (χ3n) is 1.45. The monoisotopic (exact) mass is 241 g/mol. The number of nitrogens with two attached hydrogens (primary N) is 2. The van der Waals surface area contributed by atoms with E-state index in [-0.39, 0.29) is 22.0 Å². The van der Waals surface area contributed by atoms with Crippen molar-refractivity contribution in [2.75, 3.05) is 0 Å². The second-order valence-corrected chi connectivity index (χ2v) is 3.07. The number of aromatic hydroxyl groups is 1. The fraction of sp³-hybridized carbons (Fsp3) is 0. The predicted octanol–water partition coefficient (Wildman–Crippen LogP) is 0.277. The third kappa shape index (κ3) is 4.38. The maximum atomic E-state index is 10.5. The molecule has 0 atom stereocenters. The summed E-state index contributed by atoms with van der Waals surface area (Å²) in [6, 6.07) is 4.23. The lowest BCUT2D eigenvalue weighted by molar-refractivity contribution is 0.0693. The SMILES string of the molecule is N=Cc1cccc(C(=O)O)c1O.NC(N)=S. The molecule has 0 heterocycles. The van der Waals surface area contributed by atoms with Gasteiger partial charge in [0.05, 0.1) is 0 Å². The molecule has 0 spiro atoms. The smallest absolute Gasteiger partial charge is 0.339 e. The van der Waals surface area contributed by atoms with Crippen LogP contribution in [0, 0.1) is 5.41 Å². The van der Waals surface area contributed by atoms with Crippen molar-refractivity contribution in [2.24, 2.45) is 11.5 Å². The topological polar surface area (TPSA) is 133 Å². The Hall–Kier alpha value is -2.15. The van der Waals surface area contributed by atoms with Crippen LogP contribution >= 0.6 is 12.2 Å². The maximum absolute atomic E-state index is 10.5. The lowest BCUT2D eigenvalue weighted by atomic mass is 10.1. The molecule has 0 aliphatic heterocycles. The molecule has 7 heteroatoms. The highest BCUT2D eigenvalue weighted by molar-refractivity contribution is 7.80. The van der Waals surface area contributed by atoms with Gasteiger partial charge >= 0.3 is 5.97 Å². The molecule has 1 rings (SSSR count). The first-order valence-corrected chi connectivity index (χ1v) is 4.41. The Balaban J connectivity index is 0.000000487. The minimum absolute atomic E-state index is 0.000000000000000222. The maximum Gasteiger partial charge on any atom is 0.339 e. The van der Waals surface area contributed by atoms with Crippen molar-refractivity contribution in [3.05, 3.63) is 29.3 Å². The number of hydrogen-bond donors (Lipinski definition) is 5. The molecule has 0 aliphatic carbocycles. The van der Waals surface area contributed by atoms with Gasteiger partial charge in [-0.25, -0.2) is 4.79 Å². The predicted molar refractivity (Wildman–Crippen MR) is 63.9 cm³/mol. The molecular weight excluding hydrogens is 230 g/mol. The van der Waals surface area contributed by atoms with E-state index in [1.807, 2.05) is 0 Å². The van der Waals surface area contributed by atoms with Crippen molar-refractivity contribution in [2.45, 2.75) is 0 Å². The number of aromatic carboxylic acids is 1. The Morgan fingerprint density at radius 3 is 2.31 bits per heavy atom. The second-order valence-electron chi connectivity index (χ2n) is 2.60. The van der Waals surface area contributed by atoms with E-state index < -0.39 is 5.97 Å². The summed E-state index contributed by atoms with van der Waals surface area (Å²) in [4.78, 5) is 10.5. The van der Waals surface area contributed by atoms with Crippen LogP contribution < -0.4 is 11.5 Å². The lowest BCUT2D eigenvalue weighted by Crippen LogP contribution is -2.18. The molecule has 0 unspecified atom stereocenters. The van der Waals surface area contributed by atoms with Crippen molar-refractivity contribution in [1.29, 1.82) is 5.41 Å². The highest BCUT2D eigenvalue weighted by atomic mass is 32.1. The number of benzene rings is 1. The number of para-hydroxylation sites is 1. The summed E-state index contributed by atoms with van der Waals surface area (Å²) in [7, 11) is 0. The summed E-state index contributed by atoms with van der Waals surface area (Å²) in [5, 5.41) is 24.6. The summed E-state index contributed by atoms with van der Waals surface area (Å²) in [5.41, 5.74) is 9.26. The zero-order chi connectivity index (χ0) is 12.7. The van der Waals surface area contributed by atoms with Crippen LogP contribution in [-0.4, -0.2) is 27.5 Å². The summed E-state index contributed by atoms with van der Waals surface area (Å²) >= 11 is 4.09. The molecule has 0 radical (unpaired) electrons. The molecule has 7 N–H and O–H groups in total. The van der Waals surface area contributed by atoms with E-state index in [4.69, 9.17) is 10.5 Å². The molecule has 0 saturated carbocycles. The van der Waals surface area contributed by atoms with Gasteiger partial charge in [0.1, 0.15) is 11.3 Å². The molecular formula is C9H11N3O3S. The Morgan fingerprint density at radius 2 is 1.94 bits per heavy atom. The van der Waals surface area contributed by atoms with E-state index >= 15 is 0 Å². The summed E-state index contributed by atoms with van der Waals surface area (Å²) in [6.45, 7) is 0. The van der Waals surface area contributed by atoms with Gasteiger partial charge in [-0.3, -0.25) is 0 Å². The molecule has 0 aliphatic rings. The fourth-order valence-electron chi connectivity index (χ4n) is 0.850. The van der Waals surface area contributed by atoms with Crippen LogP contribution in [0.3, 0.4) is 0 Å². The molecule has 1 aromatic carbocycles. The highest BCUT2D eigenvalue weighted by Crippen LogP contribution is 2.20. The zero-order valence-electron chi connectivity index (χ0n) is 8.18. The van der Waals surface area contributed by atoms with E-state index in [1.54, 1.807) is 0 Å². The molecule has 6 nitrogen and oxygen atoms in total. The van der Waals surface area contributed by atoms with Crippen molar-refractivity contribution in [3.8, 4) is 5.75 Å². The number of carbonyl (C=O) groups is 1. The first-order chi connectivity index (χ1) is 7.40. The van der Waals surface area contributed by atoms with Crippen LogP contribution in [0.25, 0.3) is 0 Å². The number of rotatable bonds is 2. The number of nitrogens with one attached hydrogen (secondary N) is 1. The quantitative estimate of drug-likeness (QED) is 0.373. The third-order valence-corrected chi connectivity index (χ3v) is 1.45. The fourth-order valence-corrected chi connectivity index (χ4v) is 0.850. The molecule has 0 aromatic heterocycles. The first kappa shape index (κ1) is 13.8. The van der Waals surface area contributed by atoms with Gasteiger partial charge in [-0.2, -0.15) is 0 Å². The van der Waals surface area contributed by atoms with Gasteiger partial charge < -0.3 is 27.1 Å². The molecule has 1 aromatic rings. The Morgan fingerprint density at radius 1 is 1.44 bits per heavy atom. The Bertz CT molecular complexity index is 416. The van der Waals surface area contributed by atoms with Gasteiger partial charge in [0.15, 0.2) is 5.11 Å². The average Bonchev–Trinajstić information content (AvgIpc) is 2.16. The van der Waals surface area contributed by atoms with E-state index in [9.17, 15) is 9.90 Å².